The van der Waals surface area contributed by atoms with E-state index in [0.29, 0.717) is 5.56 Å². The predicted molar refractivity (Wildman–Crippen MR) is 115 cm³/mol. The number of ketones is 1. The van der Waals surface area contributed by atoms with Gasteiger partial charge in [0.15, 0.2) is 0 Å². The topological polar surface area (TPSA) is 104 Å². The van der Waals surface area contributed by atoms with Gasteiger partial charge in [0.25, 0.3) is 11.7 Å². The third kappa shape index (κ3) is 4.25. The summed E-state index contributed by atoms with van der Waals surface area (Å²) in [5.41, 5.74) is 0.866. The number of ether oxygens (including phenoxy) is 1. The zero-order valence-corrected chi connectivity index (χ0v) is 18.3. The van der Waals surface area contributed by atoms with Crippen LogP contribution >= 0.6 is 0 Å². The van der Waals surface area contributed by atoms with Gasteiger partial charge in [-0.15, -0.1) is 0 Å². The molecule has 1 N–H and O–H groups in total. The van der Waals surface area contributed by atoms with Gasteiger partial charge in [0.2, 0.25) is 10.0 Å². The van der Waals surface area contributed by atoms with Crippen LogP contribution in [0.2, 0.25) is 0 Å². The van der Waals surface area contributed by atoms with Gasteiger partial charge in [0, 0.05) is 33.3 Å². The predicted octanol–water partition coefficient (Wildman–Crippen LogP) is 2.00. The molecule has 1 saturated heterocycles. The van der Waals surface area contributed by atoms with Crippen molar-refractivity contribution in [2.45, 2.75) is 10.9 Å². The molecular formula is C22H24N2O6S. The maximum absolute atomic E-state index is 12.8. The lowest BCUT2D eigenvalue weighted by molar-refractivity contribution is -0.140. The Balaban J connectivity index is 2.10. The zero-order valence-electron chi connectivity index (χ0n) is 17.5. The molecule has 0 saturated carbocycles. The summed E-state index contributed by atoms with van der Waals surface area (Å²) < 4.78 is 30.7. The van der Waals surface area contributed by atoms with Crippen LogP contribution in [-0.2, 0) is 24.3 Å². The number of sulfonamides is 1. The number of carbonyl (C=O) groups excluding carboxylic acids is 2. The molecule has 0 radical (unpaired) electrons. The van der Waals surface area contributed by atoms with Crippen LogP contribution in [0.4, 0.5) is 0 Å². The normalized spacial score (nSPS) is 18.7. The SMILES string of the molecule is COCCN1C(=O)C(=O)C(=C(O)c2ccc(S(=O)(=O)N(C)C)cc2)[C@H]1c1ccccc1. The second-order valence-corrected chi connectivity index (χ2v) is 9.36. The fraction of sp³-hybridized carbons (Fsp3) is 0.273. The zero-order chi connectivity index (χ0) is 22.8. The van der Waals surface area contributed by atoms with Crippen molar-refractivity contribution in [3.63, 3.8) is 0 Å². The fourth-order valence-corrected chi connectivity index (χ4v) is 4.33. The van der Waals surface area contributed by atoms with E-state index >= 15 is 0 Å². The van der Waals surface area contributed by atoms with E-state index in [9.17, 15) is 23.1 Å². The van der Waals surface area contributed by atoms with Crippen molar-refractivity contribution in [2.24, 2.45) is 0 Å². The summed E-state index contributed by atoms with van der Waals surface area (Å²) in [6.07, 6.45) is 0. The third-order valence-electron chi connectivity index (χ3n) is 5.10. The van der Waals surface area contributed by atoms with Crippen LogP contribution in [0.3, 0.4) is 0 Å². The van der Waals surface area contributed by atoms with E-state index in [1.165, 1.54) is 50.4 Å². The third-order valence-corrected chi connectivity index (χ3v) is 6.93. The molecule has 1 atom stereocenters. The summed E-state index contributed by atoms with van der Waals surface area (Å²) in [5, 5.41) is 11.0. The molecule has 1 heterocycles. The standard InChI is InChI=1S/C22H24N2O6S/c1-23(2)31(28,29)17-11-9-16(10-12-17)20(25)18-19(15-7-5-4-6-8-15)24(13-14-30-3)22(27)21(18)26/h4-12,19,25H,13-14H2,1-3H3/t19-/m1/s1. The number of rotatable bonds is 7. The highest BCUT2D eigenvalue weighted by Crippen LogP contribution is 2.39. The highest BCUT2D eigenvalue weighted by molar-refractivity contribution is 7.89. The molecule has 0 spiro atoms. The van der Waals surface area contributed by atoms with Gasteiger partial charge in [-0.25, -0.2) is 12.7 Å². The molecule has 0 aliphatic carbocycles. The van der Waals surface area contributed by atoms with E-state index in [4.69, 9.17) is 4.74 Å². The molecule has 2 aromatic carbocycles. The number of likely N-dealkylation sites (tertiary alicyclic amines) is 1. The average Bonchev–Trinajstić information content (AvgIpc) is 3.02. The summed E-state index contributed by atoms with van der Waals surface area (Å²) in [7, 11) is 0.702. The second-order valence-electron chi connectivity index (χ2n) is 7.21. The molecule has 9 heteroatoms. The minimum Gasteiger partial charge on any atom is -0.507 e. The van der Waals surface area contributed by atoms with Crippen LogP contribution in [0.25, 0.3) is 5.76 Å². The van der Waals surface area contributed by atoms with E-state index < -0.39 is 27.8 Å². The Labute approximate surface area is 181 Å². The number of amides is 1. The van der Waals surface area contributed by atoms with E-state index in [1.807, 2.05) is 6.07 Å². The van der Waals surface area contributed by atoms with Gasteiger partial charge in [0.05, 0.1) is 23.1 Å². The van der Waals surface area contributed by atoms with Crippen molar-refractivity contribution < 1.29 is 27.9 Å². The van der Waals surface area contributed by atoms with Gasteiger partial charge in [-0.1, -0.05) is 30.3 Å². The van der Waals surface area contributed by atoms with Crippen molar-refractivity contribution in [3.8, 4) is 0 Å². The molecule has 1 aliphatic rings. The van der Waals surface area contributed by atoms with Crippen molar-refractivity contribution >= 4 is 27.5 Å². The first-order valence-electron chi connectivity index (χ1n) is 9.55. The molecule has 0 bridgehead atoms. The molecular weight excluding hydrogens is 420 g/mol. The molecule has 31 heavy (non-hydrogen) atoms. The number of nitrogens with zero attached hydrogens (tertiary/aromatic N) is 2. The Bertz CT molecular complexity index is 1110. The molecule has 0 unspecified atom stereocenters. The number of methoxy groups -OCH3 is 1. The molecule has 1 amide bonds. The molecule has 8 nitrogen and oxygen atoms in total. The van der Waals surface area contributed by atoms with E-state index in [1.54, 1.807) is 24.3 Å². The fourth-order valence-electron chi connectivity index (χ4n) is 3.43. The summed E-state index contributed by atoms with van der Waals surface area (Å²) >= 11 is 0. The number of aliphatic hydroxyl groups is 1. The van der Waals surface area contributed by atoms with Crippen molar-refractivity contribution in [1.82, 2.24) is 9.21 Å². The Morgan fingerprint density at radius 3 is 2.23 bits per heavy atom. The van der Waals surface area contributed by atoms with Gasteiger partial charge >= 0.3 is 0 Å². The van der Waals surface area contributed by atoms with Crippen LogP contribution in [0, 0.1) is 0 Å². The number of hydrogen-bond acceptors (Lipinski definition) is 6. The van der Waals surface area contributed by atoms with E-state index in [2.05, 4.69) is 0 Å². The Hall–Kier alpha value is -3.01. The molecule has 1 fully saturated rings. The first kappa shape index (κ1) is 22.7. The van der Waals surface area contributed by atoms with Gasteiger partial charge in [-0.2, -0.15) is 0 Å². The lowest BCUT2D eigenvalue weighted by Gasteiger charge is -2.25. The van der Waals surface area contributed by atoms with Gasteiger partial charge in [0.1, 0.15) is 5.76 Å². The smallest absolute Gasteiger partial charge is 0.295 e. The van der Waals surface area contributed by atoms with Crippen molar-refractivity contribution in [2.75, 3.05) is 34.4 Å². The summed E-state index contributed by atoms with van der Waals surface area (Å²) in [6.45, 7) is 0.408. The first-order chi connectivity index (χ1) is 14.7. The van der Waals surface area contributed by atoms with Crippen molar-refractivity contribution in [1.29, 1.82) is 0 Å². The number of hydrogen-bond donors (Lipinski definition) is 1. The quantitative estimate of drug-likeness (QED) is 0.398. The lowest BCUT2D eigenvalue weighted by atomic mass is 9.95. The largest absolute Gasteiger partial charge is 0.507 e. The molecule has 164 valence electrons. The number of carbonyl (C=O) groups is 2. The Kier molecular flexibility index (Phi) is 6.59. The van der Waals surface area contributed by atoms with Crippen LogP contribution in [-0.4, -0.2) is 68.8 Å². The van der Waals surface area contributed by atoms with Gasteiger partial charge in [-0.3, -0.25) is 9.59 Å². The average molecular weight is 445 g/mol. The summed E-state index contributed by atoms with van der Waals surface area (Å²) in [5.74, 6) is -1.88. The van der Waals surface area contributed by atoms with Crippen LogP contribution in [0.1, 0.15) is 17.2 Å². The second kappa shape index (κ2) is 9.01. The Morgan fingerprint density at radius 2 is 1.68 bits per heavy atom. The number of benzene rings is 2. The molecule has 1 aliphatic heterocycles. The first-order valence-corrected chi connectivity index (χ1v) is 11.0. The molecule has 0 aromatic heterocycles. The minimum absolute atomic E-state index is 0.0458. The maximum Gasteiger partial charge on any atom is 0.295 e. The van der Waals surface area contributed by atoms with E-state index in [0.717, 1.165) is 4.31 Å². The number of aliphatic hydroxyl groups excluding tert-OH is 1. The maximum atomic E-state index is 12.8. The lowest BCUT2D eigenvalue weighted by Crippen LogP contribution is -2.32. The van der Waals surface area contributed by atoms with Crippen molar-refractivity contribution in [3.05, 3.63) is 71.3 Å². The summed E-state index contributed by atoms with van der Waals surface area (Å²) in [4.78, 5) is 27.0. The summed E-state index contributed by atoms with van der Waals surface area (Å²) in [6, 6.07) is 13.7. The van der Waals surface area contributed by atoms with Crippen LogP contribution in [0.5, 0.6) is 0 Å². The Morgan fingerprint density at radius 1 is 1.06 bits per heavy atom. The molecule has 2 aromatic rings. The molecule has 3 rings (SSSR count). The van der Waals surface area contributed by atoms with Crippen LogP contribution in [0.15, 0.2) is 65.1 Å². The number of Topliss-reactive ketones (excluding diaryl/α,β-unsaturated/α-hetero) is 1. The van der Waals surface area contributed by atoms with Crippen LogP contribution < -0.4 is 0 Å². The monoisotopic (exact) mass is 444 g/mol. The highest BCUT2D eigenvalue weighted by atomic mass is 32.2. The van der Waals surface area contributed by atoms with Gasteiger partial charge < -0.3 is 14.7 Å². The highest BCUT2D eigenvalue weighted by Gasteiger charge is 2.45. The minimum atomic E-state index is -3.64. The van der Waals surface area contributed by atoms with Gasteiger partial charge in [-0.05, 0) is 29.8 Å². The van der Waals surface area contributed by atoms with E-state index in [-0.39, 0.29) is 34.9 Å².